The number of fused-ring (bicyclic) bond motifs is 18. The molecule has 0 atom stereocenters. The standard InChI is InChI=1S/C41H27N5.C24H17N3.C17H11BrN2/c1-44-36-19-9-6-16-33(36)43-41(44)32-25-38-40(30-14-3-2-12-27(30)32)31-15-5-8-18-35(31)45(38)26-21-22-29-28-13-4-7-17-34(28)46(37(29)24-26)39-20-10-11-23-42-39;1-27-22-13-7-6-12-20(22)26-24(27)18-14-21-23(16-9-3-2-8-15(16)18)17-10-4-5-11-19(17)25-21;18-12-8-9-14-13-5-1-2-6-15(13)20(16(14)11-12)17-7-3-4-10-19-17/h2-25H,1H3;2-14,25H,1H3;1-11H. The number of hydrogen-bond donors (Lipinski definition) is 1. The van der Waals surface area contributed by atoms with Crippen LogP contribution in [0.5, 0.6) is 0 Å². The lowest BCUT2D eigenvalue weighted by atomic mass is 9.98. The molecular formula is C82H55BrN10. The van der Waals surface area contributed by atoms with Gasteiger partial charge in [-0.3, -0.25) is 9.13 Å². The van der Waals surface area contributed by atoms with Crippen LogP contribution in [0.4, 0.5) is 0 Å². The highest BCUT2D eigenvalue weighted by atomic mass is 79.9. The predicted molar refractivity (Wildman–Crippen MR) is 389 cm³/mol. The number of H-pyrrole nitrogens is 1. The monoisotopic (exact) mass is 1260 g/mol. The van der Waals surface area contributed by atoms with Gasteiger partial charge in [-0.2, -0.15) is 0 Å². The molecule has 0 spiro atoms. The molecule has 8 heterocycles. The number of nitrogens with zero attached hydrogens (tertiary/aromatic N) is 9. The number of aromatic amines is 1. The molecule has 11 heteroatoms. The van der Waals surface area contributed by atoms with Crippen molar-refractivity contribution in [3.05, 3.63) is 296 Å². The first-order valence-corrected chi connectivity index (χ1v) is 32.0. The summed E-state index contributed by atoms with van der Waals surface area (Å²) in [5.41, 5.74) is 16.9. The highest BCUT2D eigenvalue weighted by Crippen LogP contribution is 2.44. The van der Waals surface area contributed by atoms with Crippen molar-refractivity contribution in [1.82, 2.24) is 47.8 Å². The number of pyridine rings is 2. The Balaban J connectivity index is 0.000000114. The molecule has 0 aliphatic heterocycles. The Morgan fingerprint density at radius 3 is 1.29 bits per heavy atom. The summed E-state index contributed by atoms with van der Waals surface area (Å²) in [5, 5.41) is 14.8. The molecule has 0 unspecified atom stereocenters. The molecule has 0 amide bonds. The third kappa shape index (κ3) is 8.61. The van der Waals surface area contributed by atoms with Gasteiger partial charge in [-0.05, 0) is 131 Å². The minimum absolute atomic E-state index is 0.906. The molecule has 93 heavy (non-hydrogen) atoms. The minimum atomic E-state index is 0.906. The fourth-order valence-corrected chi connectivity index (χ4v) is 14.8. The van der Waals surface area contributed by atoms with E-state index in [0.29, 0.717) is 0 Å². The summed E-state index contributed by atoms with van der Waals surface area (Å²) < 4.78 is 12.4. The molecule has 0 saturated heterocycles. The quantitative estimate of drug-likeness (QED) is 0.186. The summed E-state index contributed by atoms with van der Waals surface area (Å²) in [7, 11) is 4.21. The van der Waals surface area contributed by atoms with Crippen molar-refractivity contribution in [2.24, 2.45) is 14.1 Å². The van der Waals surface area contributed by atoms with Gasteiger partial charge in [0.15, 0.2) is 0 Å². The van der Waals surface area contributed by atoms with E-state index in [1.165, 1.54) is 86.7 Å². The van der Waals surface area contributed by atoms with Gasteiger partial charge in [0.25, 0.3) is 0 Å². The van der Waals surface area contributed by atoms with E-state index in [2.05, 4.69) is 305 Å². The molecule has 20 rings (SSSR count). The highest BCUT2D eigenvalue weighted by molar-refractivity contribution is 9.10. The van der Waals surface area contributed by atoms with Gasteiger partial charge in [0.1, 0.15) is 23.3 Å². The largest absolute Gasteiger partial charge is 0.354 e. The van der Waals surface area contributed by atoms with Gasteiger partial charge in [-0.15, -0.1) is 0 Å². The van der Waals surface area contributed by atoms with E-state index in [-0.39, 0.29) is 0 Å². The average Bonchev–Trinajstić information content (AvgIpc) is 1.58. The first-order chi connectivity index (χ1) is 45.9. The van der Waals surface area contributed by atoms with E-state index in [9.17, 15) is 0 Å². The molecular weight excluding hydrogens is 1200 g/mol. The van der Waals surface area contributed by atoms with Crippen LogP contribution in [0.2, 0.25) is 0 Å². The Bertz CT molecular complexity index is 6360. The van der Waals surface area contributed by atoms with Crippen LogP contribution in [0.25, 0.3) is 171 Å². The van der Waals surface area contributed by atoms with E-state index in [1.54, 1.807) is 0 Å². The smallest absolute Gasteiger partial charge is 0.141 e. The number of halogens is 1. The van der Waals surface area contributed by atoms with Gasteiger partial charge in [0, 0.05) is 102 Å². The van der Waals surface area contributed by atoms with E-state index >= 15 is 0 Å². The second-order valence-electron chi connectivity index (χ2n) is 23.7. The Kier molecular flexibility index (Phi) is 12.6. The van der Waals surface area contributed by atoms with Crippen LogP contribution in [0, 0.1) is 0 Å². The number of rotatable bonds is 5. The van der Waals surface area contributed by atoms with Crippen LogP contribution in [0.3, 0.4) is 0 Å². The fourth-order valence-electron chi connectivity index (χ4n) is 14.5. The molecule has 10 nitrogen and oxygen atoms in total. The van der Waals surface area contributed by atoms with Crippen LogP contribution < -0.4 is 0 Å². The molecule has 0 fully saturated rings. The second-order valence-corrected chi connectivity index (χ2v) is 24.6. The van der Waals surface area contributed by atoms with Crippen LogP contribution in [-0.4, -0.2) is 47.8 Å². The minimum Gasteiger partial charge on any atom is -0.354 e. The molecule has 440 valence electrons. The Morgan fingerprint density at radius 1 is 0.301 bits per heavy atom. The molecule has 8 aromatic heterocycles. The number of benzene rings is 12. The lowest BCUT2D eigenvalue weighted by molar-refractivity contribution is 0.961. The lowest BCUT2D eigenvalue weighted by Gasteiger charge is -2.13. The average molecular weight is 1260 g/mol. The van der Waals surface area contributed by atoms with Crippen molar-refractivity contribution in [3.8, 4) is 40.1 Å². The zero-order valence-electron chi connectivity index (χ0n) is 50.6. The number of hydrogen-bond acceptors (Lipinski definition) is 4. The van der Waals surface area contributed by atoms with Gasteiger partial charge in [-0.25, -0.2) is 19.9 Å². The SMILES string of the molecule is Brc1ccc2c3ccccc3n(-c3ccccn3)c2c1.Cn1c(-c2cc3[nH]c4ccccc4c3c3ccccc23)nc2ccccc21.Cn1c(-c2cc3c(c4ccccc24)c2ccccc2n3-c2ccc3c4ccccc4n(-c4ccccn4)c3c2)nc2ccccc21. The van der Waals surface area contributed by atoms with Crippen molar-refractivity contribution in [2.45, 2.75) is 0 Å². The van der Waals surface area contributed by atoms with Crippen LogP contribution in [0.15, 0.2) is 296 Å². The molecule has 0 bridgehead atoms. The zero-order valence-corrected chi connectivity index (χ0v) is 52.2. The normalized spacial score (nSPS) is 11.8. The van der Waals surface area contributed by atoms with E-state index in [1.807, 2.05) is 48.8 Å². The third-order valence-electron chi connectivity index (χ3n) is 18.6. The van der Waals surface area contributed by atoms with Crippen molar-refractivity contribution in [2.75, 3.05) is 0 Å². The number of nitrogens with one attached hydrogen (secondary N) is 1. The van der Waals surface area contributed by atoms with Crippen LogP contribution >= 0.6 is 15.9 Å². The predicted octanol–water partition coefficient (Wildman–Crippen LogP) is 21.0. The van der Waals surface area contributed by atoms with Gasteiger partial charge in [0.2, 0.25) is 0 Å². The maximum absolute atomic E-state index is 5.15. The van der Waals surface area contributed by atoms with Gasteiger partial charge in [-0.1, -0.05) is 186 Å². The van der Waals surface area contributed by atoms with Crippen LogP contribution in [0.1, 0.15) is 0 Å². The lowest BCUT2D eigenvalue weighted by Crippen LogP contribution is -1.99. The third-order valence-corrected chi connectivity index (χ3v) is 19.0. The molecule has 12 aromatic carbocycles. The summed E-state index contributed by atoms with van der Waals surface area (Å²) in [6.45, 7) is 0. The fraction of sp³-hybridized carbons (Fsp3) is 0.0244. The van der Waals surface area contributed by atoms with Gasteiger partial charge < -0.3 is 18.7 Å². The van der Waals surface area contributed by atoms with E-state index in [0.717, 1.165) is 88.7 Å². The topological polar surface area (TPSA) is 92.0 Å². The number of aryl methyl sites for hydroxylation is 2. The maximum atomic E-state index is 5.15. The number of aromatic nitrogens is 10. The molecule has 1 N–H and O–H groups in total. The van der Waals surface area contributed by atoms with Crippen molar-refractivity contribution in [1.29, 1.82) is 0 Å². The number of imidazole rings is 2. The van der Waals surface area contributed by atoms with Crippen molar-refractivity contribution >= 4 is 147 Å². The van der Waals surface area contributed by atoms with E-state index in [4.69, 9.17) is 15.0 Å². The first kappa shape index (κ1) is 54.1. The Morgan fingerprint density at radius 2 is 0.731 bits per heavy atom. The van der Waals surface area contributed by atoms with Crippen molar-refractivity contribution in [3.63, 3.8) is 0 Å². The molecule has 0 aliphatic carbocycles. The number of para-hydroxylation sites is 8. The Hall–Kier alpha value is -11.9. The summed E-state index contributed by atoms with van der Waals surface area (Å²) in [5.74, 6) is 3.80. The Labute approximate surface area is 541 Å². The molecule has 0 radical (unpaired) electrons. The first-order valence-electron chi connectivity index (χ1n) is 31.2. The summed E-state index contributed by atoms with van der Waals surface area (Å²) >= 11 is 3.56. The summed E-state index contributed by atoms with van der Waals surface area (Å²) in [6.07, 6.45) is 3.69. The van der Waals surface area contributed by atoms with Gasteiger partial charge >= 0.3 is 0 Å². The molecule has 20 aromatic rings. The van der Waals surface area contributed by atoms with E-state index < -0.39 is 0 Å². The van der Waals surface area contributed by atoms with Gasteiger partial charge in [0.05, 0.1) is 55.2 Å². The molecule has 0 aliphatic rings. The maximum Gasteiger partial charge on any atom is 0.141 e. The van der Waals surface area contributed by atoms with Crippen LogP contribution in [-0.2, 0) is 14.1 Å². The second kappa shape index (κ2) is 21.7. The molecule has 0 saturated carbocycles. The zero-order chi connectivity index (χ0) is 61.8. The highest BCUT2D eigenvalue weighted by Gasteiger charge is 2.23. The summed E-state index contributed by atoms with van der Waals surface area (Å²) in [6, 6.07) is 98.2. The summed E-state index contributed by atoms with van der Waals surface area (Å²) in [4.78, 5) is 23.0. The van der Waals surface area contributed by atoms with Crippen molar-refractivity contribution < 1.29 is 0 Å².